The maximum absolute atomic E-state index is 13.5. The standard InChI is InChI=1S/C17H18ClFN4O3/c1-11(16(22-25-3)17(24)20-2)7-9-26-15-6-8-23(21-15)12-4-5-13(18)14(19)10-12/h4-8,10H,9H2,1-3H3,(H,20,24). The van der Waals surface area contributed by atoms with Gasteiger partial charge in [-0.1, -0.05) is 16.8 Å². The summed E-state index contributed by atoms with van der Waals surface area (Å²) in [6, 6.07) is 6.01. The molecule has 9 heteroatoms. The number of benzene rings is 1. The van der Waals surface area contributed by atoms with E-state index in [9.17, 15) is 9.18 Å². The minimum absolute atomic E-state index is 0.0441. The first-order valence-electron chi connectivity index (χ1n) is 7.60. The molecule has 0 radical (unpaired) electrons. The van der Waals surface area contributed by atoms with Gasteiger partial charge in [-0.15, -0.1) is 5.10 Å². The molecule has 1 heterocycles. The van der Waals surface area contributed by atoms with Gasteiger partial charge in [-0.3, -0.25) is 4.79 Å². The fourth-order valence-corrected chi connectivity index (χ4v) is 2.12. The number of carbonyl (C=O) groups is 1. The van der Waals surface area contributed by atoms with Crippen LogP contribution < -0.4 is 10.1 Å². The van der Waals surface area contributed by atoms with Crippen LogP contribution in [0.4, 0.5) is 4.39 Å². The third-order valence-electron chi connectivity index (χ3n) is 3.35. The van der Waals surface area contributed by atoms with Crippen LogP contribution in [-0.2, 0) is 9.63 Å². The Kier molecular flexibility index (Phi) is 6.74. The SMILES string of the molecule is CNC(=O)C(=NOC)C(C)=CCOc1ccn(-c2ccc(Cl)c(F)c2)n1. The molecule has 0 unspecified atom stereocenters. The molecule has 2 rings (SSSR count). The van der Waals surface area contributed by atoms with Gasteiger partial charge in [0.05, 0.1) is 10.7 Å². The molecule has 0 saturated heterocycles. The van der Waals surface area contributed by atoms with Crippen LogP contribution in [0.1, 0.15) is 6.92 Å². The van der Waals surface area contributed by atoms with Crippen molar-refractivity contribution in [3.63, 3.8) is 0 Å². The second-order valence-electron chi connectivity index (χ2n) is 5.10. The van der Waals surface area contributed by atoms with Gasteiger partial charge >= 0.3 is 0 Å². The van der Waals surface area contributed by atoms with Crippen LogP contribution in [0.3, 0.4) is 0 Å². The van der Waals surface area contributed by atoms with E-state index in [2.05, 4.69) is 20.4 Å². The van der Waals surface area contributed by atoms with E-state index >= 15 is 0 Å². The number of hydrogen-bond donors (Lipinski definition) is 1. The molecule has 0 fully saturated rings. The molecule has 0 aliphatic carbocycles. The van der Waals surface area contributed by atoms with Gasteiger partial charge in [-0.2, -0.15) is 0 Å². The summed E-state index contributed by atoms with van der Waals surface area (Å²) in [5, 5.41) is 10.4. The van der Waals surface area contributed by atoms with Gasteiger partial charge in [0.2, 0.25) is 5.88 Å². The molecule has 26 heavy (non-hydrogen) atoms. The molecule has 0 atom stereocenters. The molecular weight excluding hydrogens is 363 g/mol. The second-order valence-corrected chi connectivity index (χ2v) is 5.50. The lowest BCUT2D eigenvalue weighted by Crippen LogP contribution is -2.28. The van der Waals surface area contributed by atoms with Crippen LogP contribution in [0.25, 0.3) is 5.69 Å². The van der Waals surface area contributed by atoms with Gasteiger partial charge in [0.25, 0.3) is 5.91 Å². The minimum Gasteiger partial charge on any atom is -0.472 e. The Balaban J connectivity index is 2.04. The van der Waals surface area contributed by atoms with Crippen LogP contribution in [0.15, 0.2) is 47.3 Å². The van der Waals surface area contributed by atoms with E-state index in [4.69, 9.17) is 16.3 Å². The molecule has 1 aromatic carbocycles. The molecule has 1 aromatic heterocycles. The zero-order chi connectivity index (χ0) is 19.1. The molecule has 2 aromatic rings. The first-order valence-corrected chi connectivity index (χ1v) is 7.98. The number of nitrogens with one attached hydrogen (secondary N) is 1. The molecule has 0 bridgehead atoms. The second kappa shape index (κ2) is 9.00. The average molecular weight is 381 g/mol. The third-order valence-corrected chi connectivity index (χ3v) is 3.66. The lowest BCUT2D eigenvalue weighted by molar-refractivity contribution is -0.114. The molecule has 7 nitrogen and oxygen atoms in total. The van der Waals surface area contributed by atoms with E-state index in [0.717, 1.165) is 0 Å². The number of halogens is 2. The molecule has 0 saturated carbocycles. The van der Waals surface area contributed by atoms with Gasteiger partial charge in [0.1, 0.15) is 19.5 Å². The van der Waals surface area contributed by atoms with Crippen LogP contribution in [0.2, 0.25) is 5.02 Å². The summed E-state index contributed by atoms with van der Waals surface area (Å²) in [6.07, 6.45) is 3.31. The van der Waals surface area contributed by atoms with Gasteiger partial charge in [0.15, 0.2) is 5.71 Å². The van der Waals surface area contributed by atoms with Crippen molar-refractivity contribution in [1.29, 1.82) is 0 Å². The van der Waals surface area contributed by atoms with Gasteiger partial charge in [-0.05, 0) is 30.7 Å². The predicted octanol–water partition coefficient (Wildman–Crippen LogP) is 2.74. The fourth-order valence-electron chi connectivity index (χ4n) is 2.01. The van der Waals surface area contributed by atoms with Gasteiger partial charge in [-0.25, -0.2) is 9.07 Å². The van der Waals surface area contributed by atoms with E-state index in [-0.39, 0.29) is 23.2 Å². The fraction of sp³-hybridized carbons (Fsp3) is 0.235. The molecule has 138 valence electrons. The number of nitrogens with zero attached hydrogens (tertiary/aromatic N) is 3. The number of rotatable bonds is 7. The quantitative estimate of drug-likeness (QED) is 0.591. The summed E-state index contributed by atoms with van der Waals surface area (Å²) in [5.74, 6) is -0.552. The largest absolute Gasteiger partial charge is 0.472 e. The normalized spacial score (nSPS) is 12.0. The number of ether oxygens (including phenoxy) is 1. The van der Waals surface area contributed by atoms with Crippen molar-refractivity contribution in [3.05, 3.63) is 53.0 Å². The van der Waals surface area contributed by atoms with E-state index in [1.807, 2.05) is 0 Å². The summed E-state index contributed by atoms with van der Waals surface area (Å²) < 4.78 is 20.5. The van der Waals surface area contributed by atoms with Crippen molar-refractivity contribution in [2.45, 2.75) is 6.92 Å². The number of aromatic nitrogens is 2. The summed E-state index contributed by atoms with van der Waals surface area (Å²) in [6.45, 7) is 1.88. The third kappa shape index (κ3) is 4.82. The van der Waals surface area contributed by atoms with Crippen molar-refractivity contribution in [2.24, 2.45) is 5.16 Å². The molecule has 0 spiro atoms. The maximum Gasteiger partial charge on any atom is 0.273 e. The number of amides is 1. The summed E-state index contributed by atoms with van der Waals surface area (Å²) in [7, 11) is 2.86. The van der Waals surface area contributed by atoms with E-state index in [1.54, 1.807) is 31.3 Å². The van der Waals surface area contributed by atoms with E-state index in [1.165, 1.54) is 31.0 Å². The number of hydrogen-bond acceptors (Lipinski definition) is 5. The Hall–Kier alpha value is -2.87. The predicted molar refractivity (Wildman–Crippen MR) is 96.3 cm³/mol. The first kappa shape index (κ1) is 19.5. The van der Waals surface area contributed by atoms with Crippen LogP contribution in [0.5, 0.6) is 5.88 Å². The lowest BCUT2D eigenvalue weighted by atomic mass is 10.1. The molecular formula is C17H18ClFN4O3. The van der Waals surface area contributed by atoms with Crippen molar-refractivity contribution in [3.8, 4) is 11.6 Å². The minimum atomic E-state index is -0.528. The zero-order valence-electron chi connectivity index (χ0n) is 14.5. The summed E-state index contributed by atoms with van der Waals surface area (Å²) in [5.41, 5.74) is 1.26. The average Bonchev–Trinajstić information content (AvgIpc) is 3.10. The summed E-state index contributed by atoms with van der Waals surface area (Å²) in [4.78, 5) is 16.4. The maximum atomic E-state index is 13.5. The summed E-state index contributed by atoms with van der Waals surface area (Å²) >= 11 is 5.67. The van der Waals surface area contributed by atoms with Crippen LogP contribution in [-0.4, -0.2) is 42.2 Å². The van der Waals surface area contributed by atoms with Crippen molar-refractivity contribution >= 4 is 23.2 Å². The Morgan fingerprint density at radius 2 is 2.23 bits per heavy atom. The van der Waals surface area contributed by atoms with Crippen molar-refractivity contribution < 1.29 is 18.8 Å². The number of oxime groups is 1. The highest BCUT2D eigenvalue weighted by Crippen LogP contribution is 2.19. The van der Waals surface area contributed by atoms with E-state index in [0.29, 0.717) is 17.1 Å². The molecule has 0 aliphatic rings. The van der Waals surface area contributed by atoms with Crippen LogP contribution in [0, 0.1) is 5.82 Å². The van der Waals surface area contributed by atoms with Crippen molar-refractivity contribution in [1.82, 2.24) is 15.1 Å². The monoisotopic (exact) mass is 380 g/mol. The highest BCUT2D eigenvalue weighted by Gasteiger charge is 2.12. The topological polar surface area (TPSA) is 77.7 Å². The molecule has 1 amide bonds. The van der Waals surface area contributed by atoms with Crippen molar-refractivity contribution in [2.75, 3.05) is 20.8 Å². The smallest absolute Gasteiger partial charge is 0.273 e. The van der Waals surface area contributed by atoms with Gasteiger partial charge in [0, 0.05) is 25.4 Å². The Morgan fingerprint density at radius 3 is 2.88 bits per heavy atom. The number of carbonyl (C=O) groups excluding carboxylic acids is 1. The highest BCUT2D eigenvalue weighted by molar-refractivity contribution is 6.44. The van der Waals surface area contributed by atoms with Gasteiger partial charge < -0.3 is 14.9 Å². The first-order chi connectivity index (χ1) is 12.5. The Morgan fingerprint density at radius 1 is 1.46 bits per heavy atom. The van der Waals surface area contributed by atoms with E-state index < -0.39 is 5.82 Å². The Bertz CT molecular complexity index is 848. The highest BCUT2D eigenvalue weighted by atomic mass is 35.5. The zero-order valence-corrected chi connectivity index (χ0v) is 15.2. The lowest BCUT2D eigenvalue weighted by Gasteiger charge is -2.05. The Labute approximate surface area is 155 Å². The molecule has 1 N–H and O–H groups in total. The molecule has 0 aliphatic heterocycles. The van der Waals surface area contributed by atoms with Crippen LogP contribution >= 0.6 is 11.6 Å².